The van der Waals surface area contributed by atoms with Crippen LogP contribution in [0.1, 0.15) is 6.92 Å². The van der Waals surface area contributed by atoms with E-state index >= 15 is 0 Å². The van der Waals surface area contributed by atoms with Crippen molar-refractivity contribution < 1.29 is 9.09 Å². The molecule has 0 spiro atoms. The summed E-state index contributed by atoms with van der Waals surface area (Å²) in [5, 5.41) is 0. The lowest BCUT2D eigenvalue weighted by molar-refractivity contribution is 0.122. The zero-order valence-electron chi connectivity index (χ0n) is 3.92. The van der Waals surface area contributed by atoms with Crippen molar-refractivity contribution in [2.45, 2.75) is 12.8 Å². The summed E-state index contributed by atoms with van der Waals surface area (Å²) in [6.07, 6.45) is 0. The van der Waals surface area contributed by atoms with Gasteiger partial charge in [-0.3, -0.25) is 16.0 Å². The van der Waals surface area contributed by atoms with E-state index in [1.165, 1.54) is 6.92 Å². The molecule has 0 bridgehead atoms. The fraction of sp³-hybridized carbons (Fsp3) is 1.00. The van der Waals surface area contributed by atoms with Gasteiger partial charge in [-0.2, -0.15) is 0 Å². The number of hydrogen-bond donors (Lipinski definition) is 2. The molecule has 0 aliphatic rings. The lowest BCUT2D eigenvalue weighted by atomic mass is 10.6. The van der Waals surface area contributed by atoms with E-state index in [0.29, 0.717) is 0 Å². The monoisotopic (exact) mass is 122 g/mol. The van der Waals surface area contributed by atoms with E-state index in [9.17, 15) is 4.57 Å². The number of hydrogen-bond acceptors (Lipinski definition) is 4. The van der Waals surface area contributed by atoms with Crippen molar-refractivity contribution in [2.75, 3.05) is 0 Å². The second kappa shape index (κ2) is 2.33. The maximum atomic E-state index is 9.54. The predicted molar refractivity (Wildman–Crippen MR) is 25.5 cm³/mol. The van der Waals surface area contributed by atoms with E-state index in [1.54, 1.807) is 0 Å². The Morgan fingerprint density at radius 2 is 2.14 bits per heavy atom. The molecule has 7 heavy (non-hydrogen) atoms. The van der Waals surface area contributed by atoms with Crippen LogP contribution >= 0.6 is 8.69 Å². The van der Waals surface area contributed by atoms with Crippen molar-refractivity contribution in [1.29, 1.82) is 0 Å². The van der Waals surface area contributed by atoms with Gasteiger partial charge in [0.25, 0.3) is 0 Å². The summed E-state index contributed by atoms with van der Waals surface area (Å²) in [4.78, 5) is 0. The van der Waals surface area contributed by atoms with Gasteiger partial charge < -0.3 is 0 Å². The van der Waals surface area contributed by atoms with Gasteiger partial charge in [0.1, 0.15) is 0 Å². The van der Waals surface area contributed by atoms with Crippen LogP contribution in [0.4, 0.5) is 0 Å². The van der Waals surface area contributed by atoms with Gasteiger partial charge in [0.05, 0.1) is 0 Å². The normalized spacial score (nSPS) is 12.4. The van der Waals surface area contributed by atoms with Crippen LogP contribution in [0.25, 0.3) is 0 Å². The standard InChI is InChI=1S/C2H7N2O2P/c1-2(3,4)6-7-5/h3-4H2,1H3. The highest BCUT2D eigenvalue weighted by atomic mass is 31.1. The molecular weight excluding hydrogens is 115 g/mol. The summed E-state index contributed by atoms with van der Waals surface area (Å²) in [5.74, 6) is -1.27. The number of nitrogens with two attached hydrogens (primary N) is 2. The first-order valence-corrected chi connectivity index (χ1v) is 2.38. The van der Waals surface area contributed by atoms with Crippen molar-refractivity contribution in [2.24, 2.45) is 11.5 Å². The highest BCUT2D eigenvalue weighted by Gasteiger charge is 2.09. The summed E-state index contributed by atoms with van der Waals surface area (Å²) in [7, 11) is -0.491. The van der Waals surface area contributed by atoms with Gasteiger partial charge in [-0.25, -0.2) is 4.57 Å². The summed E-state index contributed by atoms with van der Waals surface area (Å²) < 4.78 is 13.7. The van der Waals surface area contributed by atoms with Crippen LogP contribution in [-0.4, -0.2) is 5.85 Å². The Morgan fingerprint density at radius 1 is 1.71 bits per heavy atom. The van der Waals surface area contributed by atoms with Gasteiger partial charge >= 0.3 is 8.69 Å². The Hall–Kier alpha value is -0.0200. The second-order valence-corrected chi connectivity index (χ2v) is 1.68. The van der Waals surface area contributed by atoms with Gasteiger partial charge in [-0.05, 0) is 6.92 Å². The Morgan fingerprint density at radius 3 is 2.14 bits per heavy atom. The van der Waals surface area contributed by atoms with E-state index in [-0.39, 0.29) is 0 Å². The van der Waals surface area contributed by atoms with E-state index in [2.05, 4.69) is 4.52 Å². The minimum atomic E-state index is -1.27. The van der Waals surface area contributed by atoms with Gasteiger partial charge in [-0.15, -0.1) is 0 Å². The first kappa shape index (κ1) is 6.98. The predicted octanol–water partition coefficient (Wildman–Crippen LogP) is -0.199. The molecule has 0 amide bonds. The Labute approximate surface area is 43.1 Å². The van der Waals surface area contributed by atoms with Gasteiger partial charge in [0.2, 0.25) is 0 Å². The Kier molecular flexibility index (Phi) is 2.32. The Balaban J connectivity index is 3.34. The molecule has 0 unspecified atom stereocenters. The smallest absolute Gasteiger partial charge is 0.290 e. The molecule has 0 fully saturated rings. The molecule has 0 rings (SSSR count). The molecule has 4 nitrogen and oxygen atoms in total. The van der Waals surface area contributed by atoms with Gasteiger partial charge in [0, 0.05) is 0 Å². The third-order valence-corrected chi connectivity index (χ3v) is 0.702. The van der Waals surface area contributed by atoms with Gasteiger partial charge in [0.15, 0.2) is 5.85 Å². The molecule has 0 aromatic heterocycles. The molecule has 5 heteroatoms. The highest BCUT2D eigenvalue weighted by Crippen LogP contribution is 2.01. The zero-order chi connectivity index (χ0) is 5.91. The minimum Gasteiger partial charge on any atom is -0.290 e. The average Bonchev–Trinajstić information content (AvgIpc) is 1.30. The van der Waals surface area contributed by atoms with E-state index in [0.717, 1.165) is 0 Å². The van der Waals surface area contributed by atoms with Crippen molar-refractivity contribution in [3.63, 3.8) is 0 Å². The fourth-order valence-corrected chi connectivity index (χ4v) is 0.241. The molecule has 0 heterocycles. The first-order chi connectivity index (χ1) is 3.06. The van der Waals surface area contributed by atoms with Crippen molar-refractivity contribution >= 4 is 8.69 Å². The third-order valence-electron chi connectivity index (χ3n) is 0.234. The van der Waals surface area contributed by atoms with Crippen LogP contribution < -0.4 is 11.5 Å². The van der Waals surface area contributed by atoms with E-state index in [4.69, 9.17) is 11.5 Å². The SMILES string of the molecule is CC(N)(N)OP=O. The van der Waals surface area contributed by atoms with Crippen LogP contribution in [0.15, 0.2) is 0 Å². The largest absolute Gasteiger partial charge is 0.330 e. The van der Waals surface area contributed by atoms with Gasteiger partial charge in [-0.1, -0.05) is 0 Å². The minimum absolute atomic E-state index is 0.491. The van der Waals surface area contributed by atoms with Crippen molar-refractivity contribution in [3.05, 3.63) is 0 Å². The fourth-order valence-electron chi connectivity index (χ4n) is 0.0803. The molecule has 0 aromatic carbocycles. The molecule has 42 valence electrons. The summed E-state index contributed by atoms with van der Waals surface area (Å²) in [6.45, 7) is 1.40. The van der Waals surface area contributed by atoms with Crippen molar-refractivity contribution in [1.82, 2.24) is 0 Å². The summed E-state index contributed by atoms with van der Waals surface area (Å²) in [5.41, 5.74) is 9.99. The quantitative estimate of drug-likeness (QED) is 0.392. The van der Waals surface area contributed by atoms with Crippen LogP contribution in [0.3, 0.4) is 0 Å². The zero-order valence-corrected chi connectivity index (χ0v) is 4.81. The van der Waals surface area contributed by atoms with Crippen LogP contribution in [-0.2, 0) is 9.09 Å². The third kappa shape index (κ3) is 5.98. The maximum Gasteiger partial charge on any atom is 0.330 e. The molecule has 0 saturated carbocycles. The highest BCUT2D eigenvalue weighted by molar-refractivity contribution is 7.17. The lowest BCUT2D eigenvalue weighted by Gasteiger charge is -2.11. The average molecular weight is 122 g/mol. The van der Waals surface area contributed by atoms with Crippen LogP contribution in [0.2, 0.25) is 0 Å². The molecule has 4 N–H and O–H groups in total. The topological polar surface area (TPSA) is 78.3 Å². The number of rotatable bonds is 2. The van der Waals surface area contributed by atoms with Crippen LogP contribution in [0.5, 0.6) is 0 Å². The molecule has 0 saturated heterocycles. The van der Waals surface area contributed by atoms with E-state index in [1.807, 2.05) is 0 Å². The summed E-state index contributed by atoms with van der Waals surface area (Å²) >= 11 is 0. The van der Waals surface area contributed by atoms with E-state index < -0.39 is 14.5 Å². The molecule has 0 radical (unpaired) electrons. The molecule has 0 atom stereocenters. The maximum absolute atomic E-state index is 9.54. The van der Waals surface area contributed by atoms with Crippen molar-refractivity contribution in [3.8, 4) is 0 Å². The lowest BCUT2D eigenvalue weighted by Crippen LogP contribution is -2.46. The van der Waals surface area contributed by atoms with Crippen LogP contribution in [0, 0.1) is 0 Å². The molecule has 0 aliphatic carbocycles. The summed E-state index contributed by atoms with van der Waals surface area (Å²) in [6, 6.07) is 0. The molecule has 0 aliphatic heterocycles. The second-order valence-electron chi connectivity index (χ2n) is 1.35. The first-order valence-electron chi connectivity index (χ1n) is 1.65. The molecular formula is C2H7N2O2P. The molecule has 0 aromatic rings. The Bertz CT molecular complexity index is 68.6.